The molecule has 2 heterocycles. The lowest BCUT2D eigenvalue weighted by Gasteiger charge is -2.02. The van der Waals surface area contributed by atoms with Crippen LogP contribution in [-0.4, -0.2) is 21.2 Å². The van der Waals surface area contributed by atoms with Crippen LogP contribution in [0.3, 0.4) is 0 Å². The lowest BCUT2D eigenvalue weighted by molar-refractivity contribution is -0.141. The van der Waals surface area contributed by atoms with Gasteiger partial charge in [0.05, 0.1) is 10.8 Å². The Balaban J connectivity index is 1.77. The Hall–Kier alpha value is -1.69. The molecule has 2 atom stereocenters. The molecule has 2 unspecified atom stereocenters. The maximum atomic E-state index is 10.9. The van der Waals surface area contributed by atoms with E-state index in [1.165, 1.54) is 0 Å². The van der Waals surface area contributed by atoms with Crippen molar-refractivity contribution in [1.82, 2.24) is 10.1 Å². The number of thiophene rings is 1. The van der Waals surface area contributed by atoms with E-state index in [1.54, 1.807) is 11.3 Å². The number of carbonyl (C=O) groups is 1. The number of aliphatic carboxylic acids is 1. The Morgan fingerprint density at radius 3 is 3.06 bits per heavy atom. The van der Waals surface area contributed by atoms with E-state index in [0.717, 1.165) is 11.3 Å². The Morgan fingerprint density at radius 2 is 2.39 bits per heavy atom. The SMILES string of the molecule is O=C(O)C1CCC(c2nc(-c3cccs3)no2)C1. The van der Waals surface area contributed by atoms with Crippen LogP contribution >= 0.6 is 11.3 Å². The zero-order valence-electron chi connectivity index (χ0n) is 9.57. The quantitative estimate of drug-likeness (QED) is 0.922. The zero-order chi connectivity index (χ0) is 12.5. The van der Waals surface area contributed by atoms with Crippen LogP contribution < -0.4 is 0 Å². The molecule has 1 aliphatic rings. The molecule has 94 valence electrons. The molecule has 1 saturated carbocycles. The second-order valence-corrected chi connectivity index (χ2v) is 5.43. The number of carboxylic acids is 1. The first-order valence-electron chi connectivity index (χ1n) is 5.84. The van der Waals surface area contributed by atoms with Crippen molar-refractivity contribution in [3.8, 4) is 10.7 Å². The third-order valence-corrected chi connectivity index (χ3v) is 4.18. The van der Waals surface area contributed by atoms with E-state index in [1.807, 2.05) is 17.5 Å². The average molecular weight is 264 g/mol. The van der Waals surface area contributed by atoms with Crippen molar-refractivity contribution in [2.45, 2.75) is 25.2 Å². The number of rotatable bonds is 3. The summed E-state index contributed by atoms with van der Waals surface area (Å²) in [5, 5.41) is 14.9. The minimum absolute atomic E-state index is 0.0901. The average Bonchev–Trinajstić information content (AvgIpc) is 3.10. The molecule has 0 radical (unpaired) electrons. The summed E-state index contributed by atoms with van der Waals surface area (Å²) in [5.74, 6) is 0.260. The highest BCUT2D eigenvalue weighted by Gasteiger charge is 2.33. The number of carboxylic acid groups (broad SMARTS) is 1. The van der Waals surface area contributed by atoms with E-state index in [0.29, 0.717) is 24.6 Å². The second-order valence-electron chi connectivity index (χ2n) is 4.48. The second kappa shape index (κ2) is 4.53. The summed E-state index contributed by atoms with van der Waals surface area (Å²) in [6, 6.07) is 3.88. The van der Waals surface area contributed by atoms with E-state index in [-0.39, 0.29) is 11.8 Å². The smallest absolute Gasteiger partial charge is 0.306 e. The number of hydrogen-bond acceptors (Lipinski definition) is 5. The molecule has 1 aliphatic carbocycles. The summed E-state index contributed by atoms with van der Waals surface area (Å²) in [6.45, 7) is 0. The van der Waals surface area contributed by atoms with Crippen LogP contribution in [0.25, 0.3) is 10.7 Å². The maximum absolute atomic E-state index is 10.9. The first-order chi connectivity index (χ1) is 8.74. The molecule has 1 fully saturated rings. The third kappa shape index (κ3) is 2.03. The fourth-order valence-corrected chi connectivity index (χ4v) is 2.99. The van der Waals surface area contributed by atoms with Gasteiger partial charge in [-0.15, -0.1) is 11.3 Å². The lowest BCUT2D eigenvalue weighted by Crippen LogP contribution is -2.09. The molecule has 2 aromatic rings. The minimum Gasteiger partial charge on any atom is -0.481 e. The first kappa shape index (κ1) is 11.4. The molecule has 0 saturated heterocycles. The van der Waals surface area contributed by atoms with E-state index in [4.69, 9.17) is 9.63 Å². The molecule has 0 bridgehead atoms. The van der Waals surface area contributed by atoms with Crippen LogP contribution in [0, 0.1) is 5.92 Å². The van der Waals surface area contributed by atoms with Crippen LogP contribution in [0.1, 0.15) is 31.1 Å². The van der Waals surface area contributed by atoms with Crippen LogP contribution in [0.15, 0.2) is 22.0 Å². The van der Waals surface area contributed by atoms with Gasteiger partial charge in [-0.1, -0.05) is 11.2 Å². The Bertz CT molecular complexity index is 549. The van der Waals surface area contributed by atoms with E-state index in [9.17, 15) is 4.79 Å². The molecular weight excluding hydrogens is 252 g/mol. The molecule has 6 heteroatoms. The standard InChI is InChI=1S/C12H12N2O3S/c15-12(16)8-4-3-7(6-8)11-13-10(14-17-11)9-2-1-5-18-9/h1-2,5,7-8H,3-4,6H2,(H,15,16). The van der Waals surface area contributed by atoms with Crippen molar-refractivity contribution in [2.75, 3.05) is 0 Å². The van der Waals surface area contributed by atoms with Crippen molar-refractivity contribution in [3.63, 3.8) is 0 Å². The number of aromatic nitrogens is 2. The van der Waals surface area contributed by atoms with Gasteiger partial charge < -0.3 is 9.63 Å². The van der Waals surface area contributed by atoms with E-state index < -0.39 is 5.97 Å². The first-order valence-corrected chi connectivity index (χ1v) is 6.72. The summed E-state index contributed by atoms with van der Waals surface area (Å²) in [5.41, 5.74) is 0. The van der Waals surface area contributed by atoms with Crippen molar-refractivity contribution in [3.05, 3.63) is 23.4 Å². The molecule has 0 aromatic carbocycles. The molecule has 2 aromatic heterocycles. The van der Waals surface area contributed by atoms with Crippen molar-refractivity contribution < 1.29 is 14.4 Å². The largest absolute Gasteiger partial charge is 0.481 e. The van der Waals surface area contributed by atoms with Gasteiger partial charge in [-0.05, 0) is 30.7 Å². The molecule has 18 heavy (non-hydrogen) atoms. The summed E-state index contributed by atoms with van der Waals surface area (Å²) in [6.07, 6.45) is 2.10. The summed E-state index contributed by atoms with van der Waals surface area (Å²) in [7, 11) is 0. The van der Waals surface area contributed by atoms with Gasteiger partial charge in [0.2, 0.25) is 11.7 Å². The van der Waals surface area contributed by atoms with Crippen LogP contribution in [-0.2, 0) is 4.79 Å². The third-order valence-electron chi connectivity index (χ3n) is 3.31. The summed E-state index contributed by atoms with van der Waals surface area (Å²) >= 11 is 1.56. The predicted octanol–water partition coefficient (Wildman–Crippen LogP) is 2.77. The molecule has 0 spiro atoms. The number of hydrogen-bond donors (Lipinski definition) is 1. The Labute approximate surface area is 107 Å². The Kier molecular flexibility index (Phi) is 2.87. The van der Waals surface area contributed by atoms with Crippen LogP contribution in [0.2, 0.25) is 0 Å². The Morgan fingerprint density at radius 1 is 1.50 bits per heavy atom. The summed E-state index contributed by atoms with van der Waals surface area (Å²) in [4.78, 5) is 16.2. The number of nitrogens with zero attached hydrogens (tertiary/aromatic N) is 2. The zero-order valence-corrected chi connectivity index (χ0v) is 10.4. The van der Waals surface area contributed by atoms with Crippen molar-refractivity contribution >= 4 is 17.3 Å². The molecule has 5 nitrogen and oxygen atoms in total. The monoisotopic (exact) mass is 264 g/mol. The van der Waals surface area contributed by atoms with Gasteiger partial charge in [0.15, 0.2) is 0 Å². The van der Waals surface area contributed by atoms with E-state index >= 15 is 0 Å². The van der Waals surface area contributed by atoms with Gasteiger partial charge in [0.25, 0.3) is 0 Å². The van der Waals surface area contributed by atoms with E-state index in [2.05, 4.69) is 10.1 Å². The lowest BCUT2D eigenvalue weighted by atomic mass is 10.1. The highest BCUT2D eigenvalue weighted by atomic mass is 32.1. The highest BCUT2D eigenvalue weighted by molar-refractivity contribution is 7.13. The molecule has 0 amide bonds. The van der Waals surface area contributed by atoms with Gasteiger partial charge in [-0.25, -0.2) is 0 Å². The van der Waals surface area contributed by atoms with Gasteiger partial charge in [0.1, 0.15) is 0 Å². The van der Waals surface area contributed by atoms with Gasteiger partial charge in [-0.3, -0.25) is 4.79 Å². The van der Waals surface area contributed by atoms with Crippen LogP contribution in [0.4, 0.5) is 0 Å². The van der Waals surface area contributed by atoms with Crippen LogP contribution in [0.5, 0.6) is 0 Å². The minimum atomic E-state index is -0.726. The highest BCUT2D eigenvalue weighted by Crippen LogP contribution is 2.38. The molecule has 3 rings (SSSR count). The normalized spacial score (nSPS) is 23.3. The fraction of sp³-hybridized carbons (Fsp3) is 0.417. The van der Waals surface area contributed by atoms with Gasteiger partial charge in [-0.2, -0.15) is 4.98 Å². The van der Waals surface area contributed by atoms with Gasteiger partial charge in [0, 0.05) is 5.92 Å². The van der Waals surface area contributed by atoms with Crippen molar-refractivity contribution in [1.29, 1.82) is 0 Å². The molecular formula is C12H12N2O3S. The topological polar surface area (TPSA) is 76.2 Å². The molecule has 0 aliphatic heterocycles. The summed E-state index contributed by atoms with van der Waals surface area (Å²) < 4.78 is 5.25. The predicted molar refractivity (Wildman–Crippen MR) is 65.3 cm³/mol. The molecule has 1 N–H and O–H groups in total. The van der Waals surface area contributed by atoms with Crippen molar-refractivity contribution in [2.24, 2.45) is 5.92 Å². The maximum Gasteiger partial charge on any atom is 0.306 e. The van der Waals surface area contributed by atoms with Gasteiger partial charge >= 0.3 is 5.97 Å². The fourth-order valence-electron chi connectivity index (χ4n) is 2.34.